The quantitative estimate of drug-likeness (QED) is 0.841. The average molecular weight is 274 g/mol. The van der Waals surface area contributed by atoms with E-state index in [4.69, 9.17) is 0 Å². The highest BCUT2D eigenvalue weighted by atomic mass is 16.2. The van der Waals surface area contributed by atoms with Crippen molar-refractivity contribution >= 4 is 11.7 Å². The molecule has 2 heterocycles. The SMILES string of the molecule is CC(C)C(=O)N1CCN(c2ccc(C3CC3)nn2)CC1. The molecule has 1 aliphatic heterocycles. The van der Waals surface area contributed by atoms with Gasteiger partial charge < -0.3 is 9.80 Å². The molecule has 5 nitrogen and oxygen atoms in total. The fraction of sp³-hybridized carbons (Fsp3) is 0.667. The molecule has 0 unspecified atom stereocenters. The van der Waals surface area contributed by atoms with E-state index < -0.39 is 0 Å². The predicted octanol–water partition coefficient (Wildman–Crippen LogP) is 1.66. The van der Waals surface area contributed by atoms with Crippen molar-refractivity contribution in [1.82, 2.24) is 15.1 Å². The summed E-state index contributed by atoms with van der Waals surface area (Å²) in [5.74, 6) is 1.92. The van der Waals surface area contributed by atoms with Crippen molar-refractivity contribution in [2.24, 2.45) is 5.92 Å². The van der Waals surface area contributed by atoms with Crippen LogP contribution in [-0.4, -0.2) is 47.2 Å². The van der Waals surface area contributed by atoms with Gasteiger partial charge in [-0.25, -0.2) is 0 Å². The summed E-state index contributed by atoms with van der Waals surface area (Å²) < 4.78 is 0. The Balaban J connectivity index is 1.58. The van der Waals surface area contributed by atoms with Crippen LogP contribution in [0.15, 0.2) is 12.1 Å². The maximum Gasteiger partial charge on any atom is 0.225 e. The summed E-state index contributed by atoms with van der Waals surface area (Å²) >= 11 is 0. The van der Waals surface area contributed by atoms with Crippen LogP contribution in [0.2, 0.25) is 0 Å². The summed E-state index contributed by atoms with van der Waals surface area (Å²) in [6.07, 6.45) is 2.51. The Hall–Kier alpha value is -1.65. The van der Waals surface area contributed by atoms with Crippen LogP contribution in [0.5, 0.6) is 0 Å². The molecule has 20 heavy (non-hydrogen) atoms. The van der Waals surface area contributed by atoms with Gasteiger partial charge in [-0.05, 0) is 25.0 Å². The number of carbonyl (C=O) groups excluding carboxylic acids is 1. The largest absolute Gasteiger partial charge is 0.352 e. The lowest BCUT2D eigenvalue weighted by Gasteiger charge is -2.36. The Morgan fingerprint density at radius 2 is 1.85 bits per heavy atom. The fourth-order valence-corrected chi connectivity index (χ4v) is 2.62. The van der Waals surface area contributed by atoms with Gasteiger partial charge in [0.05, 0.1) is 5.69 Å². The van der Waals surface area contributed by atoms with Crippen molar-refractivity contribution in [2.45, 2.75) is 32.6 Å². The Bertz CT molecular complexity index is 473. The van der Waals surface area contributed by atoms with E-state index in [0.717, 1.165) is 37.7 Å². The molecule has 1 saturated heterocycles. The maximum atomic E-state index is 11.9. The van der Waals surface area contributed by atoms with Crippen molar-refractivity contribution in [3.63, 3.8) is 0 Å². The number of amides is 1. The zero-order valence-electron chi connectivity index (χ0n) is 12.2. The van der Waals surface area contributed by atoms with Gasteiger partial charge in [-0.3, -0.25) is 4.79 Å². The maximum absolute atomic E-state index is 11.9. The molecule has 0 spiro atoms. The topological polar surface area (TPSA) is 49.3 Å². The van der Waals surface area contributed by atoms with Crippen molar-refractivity contribution in [1.29, 1.82) is 0 Å². The minimum absolute atomic E-state index is 0.0826. The van der Waals surface area contributed by atoms with Gasteiger partial charge in [-0.2, -0.15) is 5.10 Å². The van der Waals surface area contributed by atoms with Gasteiger partial charge in [0.1, 0.15) is 0 Å². The zero-order chi connectivity index (χ0) is 14.1. The third-order valence-electron chi connectivity index (χ3n) is 4.08. The highest BCUT2D eigenvalue weighted by molar-refractivity contribution is 5.78. The van der Waals surface area contributed by atoms with E-state index in [0.29, 0.717) is 5.92 Å². The van der Waals surface area contributed by atoms with Gasteiger partial charge in [0.2, 0.25) is 5.91 Å². The van der Waals surface area contributed by atoms with Gasteiger partial charge >= 0.3 is 0 Å². The van der Waals surface area contributed by atoms with Crippen molar-refractivity contribution < 1.29 is 4.79 Å². The summed E-state index contributed by atoms with van der Waals surface area (Å²) in [6.45, 7) is 7.16. The van der Waals surface area contributed by atoms with Gasteiger partial charge in [0, 0.05) is 38.0 Å². The Labute approximate surface area is 120 Å². The molecule has 1 aromatic heterocycles. The highest BCUT2D eigenvalue weighted by Gasteiger charge is 2.26. The van der Waals surface area contributed by atoms with E-state index >= 15 is 0 Å². The molecule has 1 aromatic rings. The molecule has 5 heteroatoms. The minimum atomic E-state index is 0.0826. The molecule has 0 atom stereocenters. The Kier molecular flexibility index (Phi) is 3.59. The summed E-state index contributed by atoms with van der Waals surface area (Å²) in [6, 6.07) is 4.17. The van der Waals surface area contributed by atoms with Gasteiger partial charge in [0.15, 0.2) is 5.82 Å². The van der Waals surface area contributed by atoms with E-state index in [2.05, 4.69) is 27.2 Å². The van der Waals surface area contributed by atoms with Crippen molar-refractivity contribution in [3.8, 4) is 0 Å². The lowest BCUT2D eigenvalue weighted by molar-refractivity contribution is -0.134. The lowest BCUT2D eigenvalue weighted by Crippen LogP contribution is -2.50. The second kappa shape index (κ2) is 5.38. The zero-order valence-corrected chi connectivity index (χ0v) is 12.2. The first-order valence-electron chi connectivity index (χ1n) is 7.52. The molecule has 1 aliphatic carbocycles. The van der Waals surface area contributed by atoms with Crippen molar-refractivity contribution in [3.05, 3.63) is 17.8 Å². The molecule has 0 aromatic carbocycles. The van der Waals surface area contributed by atoms with Crippen LogP contribution in [0.25, 0.3) is 0 Å². The number of carbonyl (C=O) groups is 1. The average Bonchev–Trinajstić information content (AvgIpc) is 3.31. The molecular formula is C15H22N4O. The minimum Gasteiger partial charge on any atom is -0.352 e. The molecule has 1 saturated carbocycles. The Morgan fingerprint density at radius 3 is 2.35 bits per heavy atom. The molecule has 108 valence electrons. The predicted molar refractivity (Wildman–Crippen MR) is 77.6 cm³/mol. The van der Waals surface area contributed by atoms with Crippen LogP contribution in [-0.2, 0) is 4.79 Å². The molecule has 0 bridgehead atoms. The summed E-state index contributed by atoms with van der Waals surface area (Å²) in [7, 11) is 0. The summed E-state index contributed by atoms with van der Waals surface area (Å²) in [5.41, 5.74) is 1.13. The summed E-state index contributed by atoms with van der Waals surface area (Å²) in [4.78, 5) is 16.1. The normalized spacial score (nSPS) is 19.6. The number of aromatic nitrogens is 2. The molecular weight excluding hydrogens is 252 g/mol. The van der Waals surface area contributed by atoms with Crippen LogP contribution in [0.1, 0.15) is 38.3 Å². The van der Waals surface area contributed by atoms with Gasteiger partial charge in [-0.15, -0.1) is 5.10 Å². The van der Waals surface area contributed by atoms with E-state index in [-0.39, 0.29) is 11.8 Å². The first kappa shape index (κ1) is 13.3. The molecule has 1 amide bonds. The van der Waals surface area contributed by atoms with Crippen LogP contribution < -0.4 is 4.90 Å². The molecule has 0 radical (unpaired) electrons. The van der Waals surface area contributed by atoms with E-state index in [1.54, 1.807) is 0 Å². The molecule has 2 aliphatic rings. The second-order valence-corrected chi connectivity index (χ2v) is 6.06. The monoisotopic (exact) mass is 274 g/mol. The number of anilines is 1. The first-order chi connectivity index (χ1) is 9.65. The van der Waals surface area contributed by atoms with Gasteiger partial charge in [0.25, 0.3) is 0 Å². The Morgan fingerprint density at radius 1 is 1.15 bits per heavy atom. The van der Waals surface area contributed by atoms with E-state index in [1.165, 1.54) is 12.8 Å². The molecule has 3 rings (SSSR count). The highest BCUT2D eigenvalue weighted by Crippen LogP contribution is 2.38. The fourth-order valence-electron chi connectivity index (χ4n) is 2.62. The van der Waals surface area contributed by atoms with Crippen molar-refractivity contribution in [2.75, 3.05) is 31.1 Å². The number of nitrogens with zero attached hydrogens (tertiary/aromatic N) is 4. The molecule has 2 fully saturated rings. The van der Waals surface area contributed by atoms with E-state index in [9.17, 15) is 4.79 Å². The standard InChI is InChI=1S/C15H22N4O/c1-11(2)15(20)19-9-7-18(8-10-19)14-6-5-13(16-17-14)12-3-4-12/h5-6,11-12H,3-4,7-10H2,1-2H3. The summed E-state index contributed by atoms with van der Waals surface area (Å²) in [5, 5.41) is 8.67. The third-order valence-corrected chi connectivity index (χ3v) is 4.08. The number of piperazine rings is 1. The van der Waals surface area contributed by atoms with Crippen LogP contribution in [0, 0.1) is 5.92 Å². The first-order valence-corrected chi connectivity index (χ1v) is 7.52. The smallest absolute Gasteiger partial charge is 0.225 e. The third kappa shape index (κ3) is 2.76. The number of rotatable bonds is 3. The molecule has 0 N–H and O–H groups in total. The van der Waals surface area contributed by atoms with E-state index in [1.807, 2.05) is 18.7 Å². The van der Waals surface area contributed by atoms with Crippen LogP contribution in [0.3, 0.4) is 0 Å². The van der Waals surface area contributed by atoms with Gasteiger partial charge in [-0.1, -0.05) is 13.8 Å². The second-order valence-electron chi connectivity index (χ2n) is 6.06. The number of hydrogen-bond acceptors (Lipinski definition) is 4. The lowest BCUT2D eigenvalue weighted by atomic mass is 10.1. The number of hydrogen-bond donors (Lipinski definition) is 0. The van der Waals surface area contributed by atoms with Crippen LogP contribution >= 0.6 is 0 Å². The van der Waals surface area contributed by atoms with Crippen LogP contribution in [0.4, 0.5) is 5.82 Å².